The third kappa shape index (κ3) is 7.01. The lowest BCUT2D eigenvalue weighted by molar-refractivity contribution is 0.0497. The molecule has 1 saturated heterocycles. The van der Waals surface area contributed by atoms with Crippen molar-refractivity contribution >= 4 is 25.7 Å². The fourth-order valence-corrected chi connectivity index (χ4v) is 7.16. The molecule has 2 aromatic carbocycles. The van der Waals surface area contributed by atoms with Crippen molar-refractivity contribution < 1.29 is 21.6 Å². The largest absolute Gasteiger partial charge is 0.376 e. The number of hydrogen-bond acceptors (Lipinski definition) is 7. The average Bonchev–Trinajstić information content (AvgIpc) is 2.74. The lowest BCUT2D eigenvalue weighted by atomic mass is 9.98. The first-order chi connectivity index (χ1) is 15.6. The first kappa shape index (κ1) is 25.2. The summed E-state index contributed by atoms with van der Waals surface area (Å²) in [7, 11) is -8.01. The number of nitrogens with zero attached hydrogens (tertiary/aromatic N) is 3. The van der Waals surface area contributed by atoms with Gasteiger partial charge in [-0.3, -0.25) is 4.90 Å². The van der Waals surface area contributed by atoms with Gasteiger partial charge in [0.05, 0.1) is 43.0 Å². The molecule has 0 N–H and O–H groups in total. The van der Waals surface area contributed by atoms with E-state index in [1.54, 1.807) is 30.3 Å². The van der Waals surface area contributed by atoms with Crippen molar-refractivity contribution in [1.82, 2.24) is 4.90 Å². The summed E-state index contributed by atoms with van der Waals surface area (Å²) in [4.78, 5) is 2.21. The van der Waals surface area contributed by atoms with Gasteiger partial charge in [0.1, 0.15) is 0 Å². The topological polar surface area (TPSA) is 108 Å². The molecule has 10 heteroatoms. The van der Waals surface area contributed by atoms with Crippen LogP contribution in [0.2, 0.25) is 0 Å². The van der Waals surface area contributed by atoms with E-state index >= 15 is 0 Å². The molecule has 0 radical (unpaired) electrons. The number of ether oxygens (including phenoxy) is 1. The van der Waals surface area contributed by atoms with Crippen LogP contribution in [0.25, 0.3) is 0 Å². The number of likely N-dealkylation sites (tertiary alicyclic amines) is 1. The SMILES string of the molecule is CS(=O)(=O)N(c1ccccc1CN1CCCC(COCc2ccc(C#N)cc2)C1)S(C)(=O)=O. The third-order valence-corrected chi connectivity index (χ3v) is 8.72. The summed E-state index contributed by atoms with van der Waals surface area (Å²) in [6.45, 7) is 3.14. The summed E-state index contributed by atoms with van der Waals surface area (Å²) in [6.07, 6.45) is 3.80. The highest BCUT2D eigenvalue weighted by atomic mass is 32.3. The van der Waals surface area contributed by atoms with Gasteiger partial charge >= 0.3 is 0 Å². The van der Waals surface area contributed by atoms with Crippen molar-refractivity contribution in [3.05, 3.63) is 65.2 Å². The van der Waals surface area contributed by atoms with Crippen LogP contribution in [0.1, 0.15) is 29.5 Å². The molecule has 0 aliphatic carbocycles. The standard InChI is InChI=1S/C23H29N3O5S2/c1-32(27,28)26(33(2,29)30)23-8-4-3-7-22(23)16-25-13-5-6-21(15-25)18-31-17-20-11-9-19(14-24)10-12-20/h3-4,7-12,21H,5-6,13,15-18H2,1-2H3. The molecule has 2 aromatic rings. The molecule has 1 aliphatic heterocycles. The van der Waals surface area contributed by atoms with E-state index in [0.29, 0.717) is 40.5 Å². The molecule has 3 rings (SSSR count). The van der Waals surface area contributed by atoms with Crippen molar-refractivity contribution in [3.63, 3.8) is 0 Å². The molecular formula is C23H29N3O5S2. The minimum atomic E-state index is -4.00. The van der Waals surface area contributed by atoms with Gasteiger partial charge in [0.25, 0.3) is 0 Å². The second-order valence-electron chi connectivity index (χ2n) is 8.42. The van der Waals surface area contributed by atoms with Crippen molar-refractivity contribution in [2.75, 3.05) is 35.9 Å². The monoisotopic (exact) mass is 491 g/mol. The van der Waals surface area contributed by atoms with Gasteiger partial charge in [-0.2, -0.15) is 8.97 Å². The number of nitriles is 1. The van der Waals surface area contributed by atoms with Crippen LogP contribution >= 0.6 is 0 Å². The lowest BCUT2D eigenvalue weighted by Gasteiger charge is -2.33. The molecule has 0 aromatic heterocycles. The molecule has 0 saturated carbocycles. The first-order valence-corrected chi connectivity index (χ1v) is 14.3. The molecule has 0 spiro atoms. The second-order valence-corrected chi connectivity index (χ2v) is 12.3. The highest BCUT2D eigenvalue weighted by Crippen LogP contribution is 2.28. The quantitative estimate of drug-likeness (QED) is 0.531. The maximum absolute atomic E-state index is 12.2. The second kappa shape index (κ2) is 10.7. The van der Waals surface area contributed by atoms with Gasteiger partial charge in [0.15, 0.2) is 0 Å². The Morgan fingerprint density at radius 2 is 1.73 bits per heavy atom. The Bertz CT molecular complexity index is 1170. The number of para-hydroxylation sites is 1. The van der Waals surface area contributed by atoms with Gasteiger partial charge in [0, 0.05) is 13.1 Å². The number of sulfonamides is 2. The lowest BCUT2D eigenvalue weighted by Crippen LogP contribution is -2.39. The maximum Gasteiger partial charge on any atom is 0.245 e. The Kier molecular flexibility index (Phi) is 8.13. The van der Waals surface area contributed by atoms with Crippen LogP contribution in [-0.2, 0) is 37.9 Å². The fourth-order valence-electron chi connectivity index (χ4n) is 4.12. The van der Waals surface area contributed by atoms with E-state index in [0.717, 1.165) is 44.0 Å². The summed E-state index contributed by atoms with van der Waals surface area (Å²) in [5.41, 5.74) is 2.44. The molecular weight excluding hydrogens is 462 g/mol. The summed E-state index contributed by atoms with van der Waals surface area (Å²) in [5.74, 6) is 0.324. The van der Waals surface area contributed by atoms with Crippen LogP contribution in [0.15, 0.2) is 48.5 Å². The molecule has 0 amide bonds. The number of anilines is 1. The molecule has 0 bridgehead atoms. The Labute approximate surface area is 196 Å². The molecule has 1 heterocycles. The Morgan fingerprint density at radius 3 is 2.36 bits per heavy atom. The van der Waals surface area contributed by atoms with E-state index in [1.807, 2.05) is 12.1 Å². The zero-order chi connectivity index (χ0) is 24.1. The van der Waals surface area contributed by atoms with Crippen LogP contribution in [0.3, 0.4) is 0 Å². The predicted molar refractivity (Wildman–Crippen MR) is 127 cm³/mol. The summed E-state index contributed by atoms with van der Waals surface area (Å²) >= 11 is 0. The van der Waals surface area contributed by atoms with E-state index in [-0.39, 0.29) is 5.69 Å². The van der Waals surface area contributed by atoms with Crippen molar-refractivity contribution in [3.8, 4) is 6.07 Å². The molecule has 1 fully saturated rings. The van der Waals surface area contributed by atoms with Crippen LogP contribution in [0.5, 0.6) is 0 Å². The molecule has 178 valence electrons. The third-order valence-electron chi connectivity index (χ3n) is 5.49. The summed E-state index contributed by atoms with van der Waals surface area (Å²) in [5, 5.41) is 8.88. The van der Waals surface area contributed by atoms with Crippen molar-refractivity contribution in [1.29, 1.82) is 5.26 Å². The van der Waals surface area contributed by atoms with Crippen LogP contribution in [0.4, 0.5) is 5.69 Å². The van der Waals surface area contributed by atoms with Crippen LogP contribution < -0.4 is 3.71 Å². The first-order valence-electron chi connectivity index (χ1n) is 10.7. The van der Waals surface area contributed by atoms with Crippen LogP contribution in [-0.4, -0.2) is 53.9 Å². The van der Waals surface area contributed by atoms with Gasteiger partial charge in [-0.05, 0) is 54.6 Å². The van der Waals surface area contributed by atoms with E-state index in [9.17, 15) is 16.8 Å². The van der Waals surface area contributed by atoms with Gasteiger partial charge in [-0.25, -0.2) is 16.8 Å². The predicted octanol–water partition coefficient (Wildman–Crippen LogP) is 2.71. The number of benzene rings is 2. The Hall–Kier alpha value is -2.45. The molecule has 1 unspecified atom stereocenters. The minimum Gasteiger partial charge on any atom is -0.376 e. The average molecular weight is 492 g/mol. The normalized spacial score (nSPS) is 17.4. The Morgan fingerprint density at radius 1 is 1.06 bits per heavy atom. The van der Waals surface area contributed by atoms with Crippen molar-refractivity contribution in [2.24, 2.45) is 5.92 Å². The highest BCUT2D eigenvalue weighted by molar-refractivity contribution is 8.09. The van der Waals surface area contributed by atoms with E-state index < -0.39 is 20.0 Å². The summed E-state index contributed by atoms with van der Waals surface area (Å²) in [6, 6.07) is 16.1. The van der Waals surface area contributed by atoms with Crippen molar-refractivity contribution in [2.45, 2.75) is 26.0 Å². The van der Waals surface area contributed by atoms with Crippen LogP contribution in [0, 0.1) is 17.2 Å². The molecule has 8 nitrogen and oxygen atoms in total. The summed E-state index contributed by atoms with van der Waals surface area (Å²) < 4.78 is 55.4. The van der Waals surface area contributed by atoms with Gasteiger partial charge in [-0.1, -0.05) is 30.3 Å². The van der Waals surface area contributed by atoms with E-state index in [1.165, 1.54) is 6.07 Å². The van der Waals surface area contributed by atoms with Gasteiger partial charge in [-0.15, -0.1) is 0 Å². The Balaban J connectivity index is 1.64. The maximum atomic E-state index is 12.2. The zero-order valence-electron chi connectivity index (χ0n) is 18.8. The van der Waals surface area contributed by atoms with E-state index in [4.69, 9.17) is 10.00 Å². The molecule has 33 heavy (non-hydrogen) atoms. The molecule has 1 aliphatic rings. The minimum absolute atomic E-state index is 0.168. The van der Waals surface area contributed by atoms with Gasteiger partial charge < -0.3 is 4.74 Å². The fraction of sp³-hybridized carbons (Fsp3) is 0.435. The highest BCUT2D eigenvalue weighted by Gasteiger charge is 2.30. The number of piperidine rings is 1. The van der Waals surface area contributed by atoms with Gasteiger partial charge in [0.2, 0.25) is 20.0 Å². The molecule has 1 atom stereocenters. The van der Waals surface area contributed by atoms with E-state index in [2.05, 4.69) is 11.0 Å². The number of hydrogen-bond donors (Lipinski definition) is 0. The smallest absolute Gasteiger partial charge is 0.245 e. The zero-order valence-corrected chi connectivity index (χ0v) is 20.5. The number of rotatable bonds is 9.